The molecule has 2 rings (SSSR count). The Morgan fingerprint density at radius 2 is 1.62 bits per heavy atom. The highest BCUT2D eigenvalue weighted by Gasteiger charge is 2.20. The van der Waals surface area contributed by atoms with Crippen LogP contribution in [-0.4, -0.2) is 6.04 Å². The molecule has 1 aromatic rings. The fraction of sp³-hybridized carbons (Fsp3) is 0.400. The van der Waals surface area contributed by atoms with Crippen LogP contribution < -0.4 is 5.32 Å². The van der Waals surface area contributed by atoms with Gasteiger partial charge in [0.2, 0.25) is 0 Å². The first-order valence-corrected chi connectivity index (χ1v) is 8.12. The summed E-state index contributed by atoms with van der Waals surface area (Å²) < 4.78 is 0. The summed E-state index contributed by atoms with van der Waals surface area (Å²) in [4.78, 5) is 0. The van der Waals surface area contributed by atoms with Crippen molar-refractivity contribution in [3.63, 3.8) is 0 Å². The summed E-state index contributed by atoms with van der Waals surface area (Å²) in [6.07, 6.45) is 10.2. The monoisotopic (exact) mass is 285 g/mol. The Kier molecular flexibility index (Phi) is 11.0. The second-order valence-corrected chi connectivity index (χ2v) is 4.37. The van der Waals surface area contributed by atoms with Gasteiger partial charge >= 0.3 is 0 Å². The standard InChI is InChI=1S/C16H19N.2C2H6/c1-3-5-10-15(4-2)17-16-11-13-8-6-7-9-14(13)12-16;2*1-2/h3-10,16-17H,2,11-12H2,1H3;2*1-2H3/b5-3-,15-10+;;. The molecule has 0 fully saturated rings. The summed E-state index contributed by atoms with van der Waals surface area (Å²) >= 11 is 0. The van der Waals surface area contributed by atoms with Gasteiger partial charge in [-0.3, -0.25) is 0 Å². The van der Waals surface area contributed by atoms with Crippen molar-refractivity contribution in [3.05, 3.63) is 72.0 Å². The lowest BCUT2D eigenvalue weighted by molar-refractivity contribution is 0.604. The Morgan fingerprint density at radius 1 is 1.10 bits per heavy atom. The van der Waals surface area contributed by atoms with Gasteiger partial charge in [-0.1, -0.05) is 70.7 Å². The summed E-state index contributed by atoms with van der Waals surface area (Å²) in [5, 5.41) is 3.54. The molecule has 116 valence electrons. The van der Waals surface area contributed by atoms with Crippen LogP contribution in [0, 0.1) is 0 Å². The maximum absolute atomic E-state index is 3.84. The van der Waals surface area contributed by atoms with Crippen molar-refractivity contribution >= 4 is 0 Å². The van der Waals surface area contributed by atoms with E-state index >= 15 is 0 Å². The first-order chi connectivity index (χ1) is 10.3. The quantitative estimate of drug-likeness (QED) is 0.726. The molecule has 0 aromatic heterocycles. The molecule has 0 unspecified atom stereocenters. The van der Waals surface area contributed by atoms with Crippen molar-refractivity contribution < 1.29 is 0 Å². The Morgan fingerprint density at radius 3 is 2.05 bits per heavy atom. The fourth-order valence-electron chi connectivity index (χ4n) is 2.27. The van der Waals surface area contributed by atoms with Gasteiger partial charge in [-0.25, -0.2) is 0 Å². The molecule has 0 saturated heterocycles. The van der Waals surface area contributed by atoms with Crippen molar-refractivity contribution in [3.8, 4) is 0 Å². The molecular formula is C20H31N. The third-order valence-corrected chi connectivity index (χ3v) is 3.11. The lowest BCUT2D eigenvalue weighted by Crippen LogP contribution is -2.28. The van der Waals surface area contributed by atoms with Crippen LogP contribution in [0.5, 0.6) is 0 Å². The van der Waals surface area contributed by atoms with Gasteiger partial charge < -0.3 is 5.32 Å². The number of fused-ring (bicyclic) bond motifs is 1. The van der Waals surface area contributed by atoms with Gasteiger partial charge in [0.05, 0.1) is 0 Å². The highest BCUT2D eigenvalue weighted by Crippen LogP contribution is 2.22. The van der Waals surface area contributed by atoms with Crippen molar-refractivity contribution in [2.45, 2.75) is 53.5 Å². The number of hydrogen-bond donors (Lipinski definition) is 1. The van der Waals surface area contributed by atoms with E-state index in [-0.39, 0.29) is 0 Å². The first-order valence-electron chi connectivity index (χ1n) is 8.12. The molecule has 1 N–H and O–H groups in total. The normalized spacial score (nSPS) is 13.7. The molecule has 0 aliphatic heterocycles. The Balaban J connectivity index is 0.000000921. The maximum Gasteiger partial charge on any atom is 0.0342 e. The van der Waals surface area contributed by atoms with Gasteiger partial charge in [-0.05, 0) is 43.0 Å². The van der Waals surface area contributed by atoms with Crippen molar-refractivity contribution in [2.24, 2.45) is 0 Å². The molecule has 0 atom stereocenters. The molecule has 0 bridgehead atoms. The number of rotatable bonds is 4. The lowest BCUT2D eigenvalue weighted by atomic mass is 10.1. The summed E-state index contributed by atoms with van der Waals surface area (Å²) in [5.74, 6) is 0. The van der Waals surface area contributed by atoms with E-state index in [1.54, 1.807) is 0 Å². The minimum Gasteiger partial charge on any atom is -0.382 e. The summed E-state index contributed by atoms with van der Waals surface area (Å²) in [6, 6.07) is 9.18. The molecule has 1 aliphatic rings. The topological polar surface area (TPSA) is 12.0 Å². The molecular weight excluding hydrogens is 254 g/mol. The maximum atomic E-state index is 3.84. The van der Waals surface area contributed by atoms with E-state index in [1.807, 2.05) is 52.8 Å². The van der Waals surface area contributed by atoms with Crippen molar-refractivity contribution in [2.75, 3.05) is 0 Å². The Bertz CT molecular complexity index is 430. The van der Waals surface area contributed by atoms with Gasteiger partial charge in [0.25, 0.3) is 0 Å². The van der Waals surface area contributed by atoms with E-state index in [9.17, 15) is 0 Å². The molecule has 1 aliphatic carbocycles. The zero-order chi connectivity index (χ0) is 16.1. The third kappa shape index (κ3) is 6.48. The fourth-order valence-corrected chi connectivity index (χ4v) is 2.27. The minimum atomic E-state index is 0.502. The van der Waals surface area contributed by atoms with Crippen LogP contribution >= 0.6 is 0 Å². The molecule has 0 spiro atoms. The summed E-state index contributed by atoms with van der Waals surface area (Å²) in [7, 11) is 0. The molecule has 0 heterocycles. The molecule has 0 saturated carbocycles. The lowest BCUT2D eigenvalue weighted by Gasteiger charge is -2.13. The van der Waals surface area contributed by atoms with Crippen molar-refractivity contribution in [1.29, 1.82) is 0 Å². The number of nitrogens with one attached hydrogen (secondary N) is 1. The van der Waals surface area contributed by atoms with Crippen LogP contribution in [0.25, 0.3) is 0 Å². The second-order valence-electron chi connectivity index (χ2n) is 4.37. The zero-order valence-electron chi connectivity index (χ0n) is 14.3. The average Bonchev–Trinajstić information content (AvgIpc) is 2.97. The SMILES string of the molecule is C=C/C(=C\C=C/C)NC1Cc2ccccc2C1.CC.CC. The van der Waals surface area contributed by atoms with Crippen LogP contribution in [0.2, 0.25) is 0 Å². The number of hydrogen-bond acceptors (Lipinski definition) is 1. The van der Waals surface area contributed by atoms with E-state index < -0.39 is 0 Å². The summed E-state index contributed by atoms with van der Waals surface area (Å²) in [6.45, 7) is 13.9. The molecule has 1 aromatic carbocycles. The van der Waals surface area contributed by atoms with Gasteiger partial charge in [-0.2, -0.15) is 0 Å². The number of benzene rings is 1. The summed E-state index contributed by atoms with van der Waals surface area (Å²) in [5.41, 5.74) is 4.04. The third-order valence-electron chi connectivity index (χ3n) is 3.11. The van der Waals surface area contributed by atoms with Crippen LogP contribution in [0.15, 0.2) is 60.8 Å². The van der Waals surface area contributed by atoms with Gasteiger partial charge in [-0.15, -0.1) is 0 Å². The van der Waals surface area contributed by atoms with E-state index in [1.165, 1.54) is 11.1 Å². The van der Waals surface area contributed by atoms with Crippen LogP contribution in [0.4, 0.5) is 0 Å². The van der Waals surface area contributed by atoms with Crippen molar-refractivity contribution in [1.82, 2.24) is 5.32 Å². The molecule has 0 amide bonds. The average molecular weight is 285 g/mol. The van der Waals surface area contributed by atoms with Crippen LogP contribution in [0.3, 0.4) is 0 Å². The van der Waals surface area contributed by atoms with Gasteiger partial charge in [0.15, 0.2) is 0 Å². The molecule has 0 radical (unpaired) electrons. The Hall–Kier alpha value is -1.76. The second kappa shape index (κ2) is 12.0. The molecule has 21 heavy (non-hydrogen) atoms. The highest BCUT2D eigenvalue weighted by atomic mass is 14.9. The minimum absolute atomic E-state index is 0.502. The van der Waals surface area contributed by atoms with Crippen LogP contribution in [0.1, 0.15) is 45.7 Å². The van der Waals surface area contributed by atoms with E-state index in [4.69, 9.17) is 0 Å². The first kappa shape index (κ1) is 19.2. The van der Waals surface area contributed by atoms with Crippen LogP contribution in [-0.2, 0) is 12.8 Å². The van der Waals surface area contributed by atoms with E-state index in [0.717, 1.165) is 18.5 Å². The highest BCUT2D eigenvalue weighted by molar-refractivity contribution is 5.34. The molecule has 1 heteroatoms. The largest absolute Gasteiger partial charge is 0.382 e. The number of allylic oxidation sites excluding steroid dienone is 4. The predicted octanol–water partition coefficient (Wildman–Crippen LogP) is 5.44. The van der Waals surface area contributed by atoms with Gasteiger partial charge in [0.1, 0.15) is 0 Å². The smallest absolute Gasteiger partial charge is 0.0342 e. The Labute approximate surface area is 131 Å². The predicted molar refractivity (Wildman–Crippen MR) is 96.6 cm³/mol. The van der Waals surface area contributed by atoms with E-state index in [0.29, 0.717) is 6.04 Å². The molecule has 1 nitrogen and oxygen atoms in total. The zero-order valence-corrected chi connectivity index (χ0v) is 14.3. The van der Waals surface area contributed by atoms with Gasteiger partial charge in [0, 0.05) is 11.7 Å². The van der Waals surface area contributed by atoms with E-state index in [2.05, 4.69) is 42.2 Å².